The Hall–Kier alpha value is -3.17. The molecule has 0 aliphatic heterocycles. The molecule has 1 atom stereocenters. The summed E-state index contributed by atoms with van der Waals surface area (Å²) in [6.07, 6.45) is 3.00. The summed E-state index contributed by atoms with van der Waals surface area (Å²) in [6, 6.07) is 4.96. The van der Waals surface area contributed by atoms with Gasteiger partial charge in [-0.05, 0) is 29.5 Å². The van der Waals surface area contributed by atoms with Gasteiger partial charge in [-0.2, -0.15) is 4.98 Å². The predicted octanol–water partition coefficient (Wildman–Crippen LogP) is -0.00450. The van der Waals surface area contributed by atoms with Crippen LogP contribution in [0.5, 0.6) is 0 Å². The molecule has 3 rings (SSSR count). The molecule has 0 radical (unpaired) electrons. The average molecular weight is 300 g/mol. The molecule has 0 bridgehead atoms. The van der Waals surface area contributed by atoms with Crippen molar-refractivity contribution in [1.82, 2.24) is 40.6 Å². The molecule has 1 N–H and O–H groups in total. The van der Waals surface area contributed by atoms with Crippen molar-refractivity contribution in [3.05, 3.63) is 36.6 Å². The number of hydrogen-bond acceptors (Lipinski definition) is 8. The number of rotatable bonds is 5. The van der Waals surface area contributed by atoms with Crippen LogP contribution in [0.1, 0.15) is 18.9 Å². The van der Waals surface area contributed by atoms with Crippen molar-refractivity contribution < 1.29 is 9.32 Å². The van der Waals surface area contributed by atoms with Crippen LogP contribution in [0.15, 0.2) is 35.2 Å². The van der Waals surface area contributed by atoms with E-state index >= 15 is 0 Å². The Labute approximate surface area is 124 Å². The monoisotopic (exact) mass is 300 g/mol. The van der Waals surface area contributed by atoms with E-state index in [-0.39, 0.29) is 12.5 Å². The highest BCUT2D eigenvalue weighted by Gasteiger charge is 2.18. The molecule has 0 spiro atoms. The number of nitrogens with zero attached hydrogens (tertiary/aromatic N) is 7. The number of carbonyl (C=O) groups excluding carboxylic acids is 1. The summed E-state index contributed by atoms with van der Waals surface area (Å²) in [5, 5.41) is 17.1. The Bertz CT molecular complexity index is 740. The van der Waals surface area contributed by atoms with Crippen molar-refractivity contribution in [2.75, 3.05) is 0 Å². The molecule has 3 heterocycles. The molecule has 1 amide bonds. The summed E-state index contributed by atoms with van der Waals surface area (Å²) in [6.45, 7) is 1.76. The van der Waals surface area contributed by atoms with Crippen LogP contribution in [0, 0.1) is 0 Å². The molecule has 10 heteroatoms. The highest BCUT2D eigenvalue weighted by molar-refractivity contribution is 5.75. The standard InChI is InChI=1S/C12H12N8O2/c1-8(15-10(21)6-20-7-14-18-19-20)12-16-11(17-22-12)9-4-2-3-5-13-9/h2-5,7-8H,6H2,1H3,(H,15,21)/t8-/m1/s1. The zero-order chi connectivity index (χ0) is 15.4. The van der Waals surface area contributed by atoms with E-state index in [0.717, 1.165) is 0 Å². The van der Waals surface area contributed by atoms with E-state index in [1.54, 1.807) is 25.3 Å². The quantitative estimate of drug-likeness (QED) is 0.697. The zero-order valence-corrected chi connectivity index (χ0v) is 11.6. The highest BCUT2D eigenvalue weighted by Crippen LogP contribution is 2.16. The number of amides is 1. The molecule has 0 saturated carbocycles. The molecular weight excluding hydrogens is 288 g/mol. The summed E-state index contributed by atoms with van der Waals surface area (Å²) >= 11 is 0. The predicted molar refractivity (Wildman–Crippen MR) is 71.9 cm³/mol. The van der Waals surface area contributed by atoms with Gasteiger partial charge in [0.15, 0.2) is 0 Å². The van der Waals surface area contributed by atoms with Crippen molar-refractivity contribution in [3.8, 4) is 11.5 Å². The molecule has 0 fully saturated rings. The first-order chi connectivity index (χ1) is 10.7. The van der Waals surface area contributed by atoms with Gasteiger partial charge in [0.25, 0.3) is 0 Å². The lowest BCUT2D eigenvalue weighted by molar-refractivity contribution is -0.122. The molecule has 22 heavy (non-hydrogen) atoms. The number of carbonyl (C=O) groups is 1. The van der Waals surface area contributed by atoms with Gasteiger partial charge in [0.2, 0.25) is 17.6 Å². The molecule has 112 valence electrons. The minimum absolute atomic E-state index is 0.0125. The van der Waals surface area contributed by atoms with Gasteiger partial charge >= 0.3 is 0 Å². The number of nitrogens with one attached hydrogen (secondary N) is 1. The molecule has 0 saturated heterocycles. The average Bonchev–Trinajstić information content (AvgIpc) is 3.19. The Balaban J connectivity index is 1.64. The van der Waals surface area contributed by atoms with Gasteiger partial charge in [-0.25, -0.2) is 4.68 Å². The maximum absolute atomic E-state index is 11.8. The van der Waals surface area contributed by atoms with E-state index in [2.05, 4.69) is 36.0 Å². The van der Waals surface area contributed by atoms with Crippen LogP contribution in [0.2, 0.25) is 0 Å². The van der Waals surface area contributed by atoms with Crippen LogP contribution >= 0.6 is 0 Å². The lowest BCUT2D eigenvalue weighted by atomic mass is 10.3. The van der Waals surface area contributed by atoms with E-state index in [9.17, 15) is 4.79 Å². The minimum Gasteiger partial charge on any atom is -0.343 e. The van der Waals surface area contributed by atoms with E-state index < -0.39 is 6.04 Å². The van der Waals surface area contributed by atoms with Gasteiger partial charge in [0.1, 0.15) is 24.6 Å². The van der Waals surface area contributed by atoms with Crippen LogP contribution < -0.4 is 5.32 Å². The molecule has 3 aromatic rings. The van der Waals surface area contributed by atoms with Crippen molar-refractivity contribution in [1.29, 1.82) is 0 Å². The largest absolute Gasteiger partial charge is 0.343 e. The first-order valence-corrected chi connectivity index (χ1v) is 6.47. The fourth-order valence-electron chi connectivity index (χ4n) is 1.76. The molecule has 10 nitrogen and oxygen atoms in total. The maximum atomic E-state index is 11.8. The summed E-state index contributed by atoms with van der Waals surface area (Å²) < 4.78 is 6.47. The number of hydrogen-bond donors (Lipinski definition) is 1. The second-order valence-electron chi connectivity index (χ2n) is 4.47. The van der Waals surface area contributed by atoms with Crippen LogP contribution in [0.3, 0.4) is 0 Å². The van der Waals surface area contributed by atoms with Crippen LogP contribution in [0.25, 0.3) is 11.5 Å². The molecule has 0 aromatic carbocycles. The molecule has 0 aliphatic carbocycles. The van der Waals surface area contributed by atoms with E-state index in [1.165, 1.54) is 11.0 Å². The van der Waals surface area contributed by atoms with Gasteiger partial charge < -0.3 is 9.84 Å². The number of tetrazole rings is 1. The fourth-order valence-corrected chi connectivity index (χ4v) is 1.76. The van der Waals surface area contributed by atoms with Gasteiger partial charge in [-0.1, -0.05) is 11.2 Å². The van der Waals surface area contributed by atoms with E-state index in [0.29, 0.717) is 17.4 Å². The van der Waals surface area contributed by atoms with Crippen molar-refractivity contribution >= 4 is 5.91 Å². The lowest BCUT2D eigenvalue weighted by Crippen LogP contribution is -2.30. The SMILES string of the molecule is C[C@@H](NC(=O)Cn1cnnn1)c1nc(-c2ccccn2)no1. The zero-order valence-electron chi connectivity index (χ0n) is 11.6. The Kier molecular flexibility index (Phi) is 3.81. The van der Waals surface area contributed by atoms with Crippen molar-refractivity contribution in [2.45, 2.75) is 19.5 Å². The summed E-state index contributed by atoms with van der Waals surface area (Å²) in [5.74, 6) is 0.403. The number of pyridine rings is 1. The van der Waals surface area contributed by atoms with Crippen molar-refractivity contribution in [2.24, 2.45) is 0 Å². The third kappa shape index (κ3) is 3.11. The molecular formula is C12H12N8O2. The van der Waals surface area contributed by atoms with E-state index in [1.807, 2.05) is 6.07 Å². The van der Waals surface area contributed by atoms with Gasteiger partial charge in [0, 0.05) is 6.20 Å². The summed E-state index contributed by atoms with van der Waals surface area (Å²) in [4.78, 5) is 20.2. The highest BCUT2D eigenvalue weighted by atomic mass is 16.5. The van der Waals surface area contributed by atoms with Gasteiger partial charge in [-0.15, -0.1) is 5.10 Å². The Morgan fingerprint density at radius 2 is 2.36 bits per heavy atom. The summed E-state index contributed by atoms with van der Waals surface area (Å²) in [7, 11) is 0. The molecule has 0 aliphatic rings. The summed E-state index contributed by atoms with van der Waals surface area (Å²) in [5.41, 5.74) is 0.602. The maximum Gasteiger partial charge on any atom is 0.249 e. The third-order valence-electron chi connectivity index (χ3n) is 2.78. The van der Waals surface area contributed by atoms with Gasteiger partial charge in [-0.3, -0.25) is 9.78 Å². The topological polar surface area (TPSA) is 125 Å². The van der Waals surface area contributed by atoms with Crippen LogP contribution in [-0.4, -0.2) is 41.2 Å². The normalized spacial score (nSPS) is 12.0. The molecule has 0 unspecified atom stereocenters. The fraction of sp³-hybridized carbons (Fsp3) is 0.250. The lowest BCUT2D eigenvalue weighted by Gasteiger charge is -2.08. The van der Waals surface area contributed by atoms with E-state index in [4.69, 9.17) is 4.52 Å². The minimum atomic E-state index is -0.436. The Morgan fingerprint density at radius 3 is 3.09 bits per heavy atom. The third-order valence-corrected chi connectivity index (χ3v) is 2.78. The first kappa shape index (κ1) is 13.8. The molecule has 3 aromatic heterocycles. The van der Waals surface area contributed by atoms with Crippen LogP contribution in [0.4, 0.5) is 0 Å². The van der Waals surface area contributed by atoms with Crippen LogP contribution in [-0.2, 0) is 11.3 Å². The second kappa shape index (κ2) is 6.08. The smallest absolute Gasteiger partial charge is 0.249 e. The second-order valence-corrected chi connectivity index (χ2v) is 4.47. The Morgan fingerprint density at radius 1 is 1.45 bits per heavy atom. The first-order valence-electron chi connectivity index (χ1n) is 6.47. The number of aromatic nitrogens is 7. The van der Waals surface area contributed by atoms with Crippen molar-refractivity contribution in [3.63, 3.8) is 0 Å². The van der Waals surface area contributed by atoms with Gasteiger partial charge in [0.05, 0.1) is 0 Å².